The van der Waals surface area contributed by atoms with Gasteiger partial charge >= 0.3 is 0 Å². The second kappa shape index (κ2) is 10.0. The fourth-order valence-corrected chi connectivity index (χ4v) is 5.36. The molecule has 0 radical (unpaired) electrons. The van der Waals surface area contributed by atoms with Crippen molar-refractivity contribution in [3.8, 4) is 17.5 Å². The molecule has 1 fully saturated rings. The molecule has 5 rings (SSSR count). The maximum atomic E-state index is 12.9. The third kappa shape index (κ3) is 4.74. The first kappa shape index (κ1) is 22.7. The molecule has 34 heavy (non-hydrogen) atoms. The molecular formula is C25H28N6O2S. The van der Waals surface area contributed by atoms with Gasteiger partial charge in [0.25, 0.3) is 0 Å². The highest BCUT2D eigenvalue weighted by atomic mass is 32.2. The van der Waals surface area contributed by atoms with Crippen LogP contribution in [0.15, 0.2) is 29.4 Å². The molecule has 9 heteroatoms. The number of nitrogens with zero attached hydrogens (tertiary/aromatic N) is 4. The Morgan fingerprint density at radius 3 is 2.88 bits per heavy atom. The molecule has 176 valence electrons. The molecule has 1 aromatic carbocycles. The number of ether oxygens (including phenoxy) is 1. The maximum absolute atomic E-state index is 12.9. The van der Waals surface area contributed by atoms with Gasteiger partial charge in [0.2, 0.25) is 11.1 Å². The summed E-state index contributed by atoms with van der Waals surface area (Å²) in [5.41, 5.74) is 5.00. The molecule has 1 unspecified atom stereocenters. The number of benzene rings is 1. The van der Waals surface area contributed by atoms with Gasteiger partial charge < -0.3 is 14.6 Å². The van der Waals surface area contributed by atoms with E-state index in [0.717, 1.165) is 56.3 Å². The van der Waals surface area contributed by atoms with Crippen LogP contribution >= 0.6 is 11.8 Å². The average molecular weight is 477 g/mol. The summed E-state index contributed by atoms with van der Waals surface area (Å²) in [7, 11) is 0. The van der Waals surface area contributed by atoms with Crippen LogP contribution < -0.4 is 5.32 Å². The van der Waals surface area contributed by atoms with Gasteiger partial charge in [0.15, 0.2) is 5.82 Å². The lowest BCUT2D eigenvalue weighted by Crippen LogP contribution is -2.23. The molecule has 3 aromatic rings. The topological polar surface area (TPSA) is 109 Å². The summed E-state index contributed by atoms with van der Waals surface area (Å²) < 4.78 is 7.99. The first-order valence-corrected chi connectivity index (χ1v) is 12.8. The van der Waals surface area contributed by atoms with E-state index in [1.54, 1.807) is 0 Å². The molecule has 3 heterocycles. The van der Waals surface area contributed by atoms with Crippen LogP contribution in [0.1, 0.15) is 48.1 Å². The Bertz CT molecular complexity index is 1220. The summed E-state index contributed by atoms with van der Waals surface area (Å²) in [6, 6.07) is 10.4. The molecule has 1 saturated heterocycles. The van der Waals surface area contributed by atoms with E-state index in [9.17, 15) is 10.1 Å². The average Bonchev–Trinajstić information content (AvgIpc) is 3.59. The second-order valence-electron chi connectivity index (χ2n) is 8.88. The molecule has 2 aliphatic rings. The molecule has 1 aliphatic heterocycles. The van der Waals surface area contributed by atoms with Gasteiger partial charge in [-0.05, 0) is 51.0 Å². The van der Waals surface area contributed by atoms with Crippen molar-refractivity contribution in [2.24, 2.45) is 0 Å². The molecule has 0 bridgehead atoms. The van der Waals surface area contributed by atoms with Crippen molar-refractivity contribution in [1.82, 2.24) is 19.7 Å². The quantitative estimate of drug-likeness (QED) is 0.494. The van der Waals surface area contributed by atoms with Crippen LogP contribution in [0.2, 0.25) is 0 Å². The van der Waals surface area contributed by atoms with Crippen LogP contribution in [0.4, 0.5) is 5.82 Å². The number of aromatic nitrogens is 4. The summed E-state index contributed by atoms with van der Waals surface area (Å²) >= 11 is 1.27. The Balaban J connectivity index is 1.30. The van der Waals surface area contributed by atoms with Crippen molar-refractivity contribution in [2.45, 2.75) is 63.3 Å². The van der Waals surface area contributed by atoms with E-state index < -0.39 is 0 Å². The number of anilines is 1. The normalized spacial score (nSPS) is 17.4. The Hall–Kier alpha value is -3.09. The zero-order valence-electron chi connectivity index (χ0n) is 19.3. The summed E-state index contributed by atoms with van der Waals surface area (Å²) in [5.74, 6) is 1.27. The number of aromatic amines is 1. The molecule has 2 N–H and O–H groups in total. The van der Waals surface area contributed by atoms with Crippen LogP contribution in [0, 0.1) is 18.3 Å². The number of carbonyl (C=O) groups is 1. The maximum Gasteiger partial charge on any atom is 0.235 e. The van der Waals surface area contributed by atoms with E-state index in [4.69, 9.17) is 4.74 Å². The van der Waals surface area contributed by atoms with E-state index in [1.165, 1.54) is 23.0 Å². The van der Waals surface area contributed by atoms with Gasteiger partial charge in [-0.15, -0.1) is 5.10 Å². The number of rotatable bonds is 7. The van der Waals surface area contributed by atoms with Crippen LogP contribution in [0.25, 0.3) is 11.4 Å². The SMILES string of the molecule is Cc1ccc(-c2nc(SCC(=O)Nc3c(C#N)c4c(n3CC3CCCO3)CCCC4)n[nH]2)cc1. The first-order valence-electron chi connectivity index (χ1n) is 11.8. The van der Waals surface area contributed by atoms with E-state index >= 15 is 0 Å². The Morgan fingerprint density at radius 2 is 2.12 bits per heavy atom. The summed E-state index contributed by atoms with van der Waals surface area (Å²) in [6.07, 6.45) is 6.18. The third-order valence-electron chi connectivity index (χ3n) is 6.48. The van der Waals surface area contributed by atoms with Gasteiger partial charge in [-0.3, -0.25) is 9.89 Å². The molecule has 1 atom stereocenters. The summed E-state index contributed by atoms with van der Waals surface area (Å²) in [4.78, 5) is 17.4. The van der Waals surface area contributed by atoms with Gasteiger partial charge in [-0.25, -0.2) is 4.98 Å². The number of fused-ring (bicyclic) bond motifs is 1. The first-order chi connectivity index (χ1) is 16.6. The fourth-order valence-electron chi connectivity index (χ4n) is 4.76. The van der Waals surface area contributed by atoms with E-state index in [2.05, 4.69) is 31.1 Å². The minimum atomic E-state index is -0.174. The molecule has 1 amide bonds. The lowest BCUT2D eigenvalue weighted by Gasteiger charge is -2.19. The highest BCUT2D eigenvalue weighted by Crippen LogP contribution is 2.34. The Kier molecular flexibility index (Phi) is 6.70. The number of hydrogen-bond acceptors (Lipinski definition) is 6. The van der Waals surface area contributed by atoms with Gasteiger partial charge in [-0.2, -0.15) is 5.26 Å². The monoisotopic (exact) mass is 476 g/mol. The van der Waals surface area contributed by atoms with Gasteiger partial charge in [-0.1, -0.05) is 41.6 Å². The molecule has 0 spiro atoms. The highest BCUT2D eigenvalue weighted by Gasteiger charge is 2.28. The minimum Gasteiger partial charge on any atom is -0.376 e. The Labute approximate surface area is 203 Å². The van der Waals surface area contributed by atoms with Crippen LogP contribution in [0.5, 0.6) is 0 Å². The van der Waals surface area contributed by atoms with Crippen LogP contribution in [-0.2, 0) is 28.9 Å². The van der Waals surface area contributed by atoms with Crippen molar-refractivity contribution < 1.29 is 9.53 Å². The predicted molar refractivity (Wildman–Crippen MR) is 131 cm³/mol. The third-order valence-corrected chi connectivity index (χ3v) is 7.32. The van der Waals surface area contributed by atoms with Crippen LogP contribution in [-0.4, -0.2) is 44.1 Å². The van der Waals surface area contributed by atoms with Crippen molar-refractivity contribution in [1.29, 1.82) is 5.26 Å². The zero-order chi connectivity index (χ0) is 23.5. The van der Waals surface area contributed by atoms with Gasteiger partial charge in [0, 0.05) is 17.9 Å². The zero-order valence-corrected chi connectivity index (χ0v) is 20.1. The number of H-pyrrole nitrogens is 1. The fraction of sp³-hybridized carbons (Fsp3) is 0.440. The lowest BCUT2D eigenvalue weighted by atomic mass is 9.95. The molecular weight excluding hydrogens is 448 g/mol. The van der Waals surface area contributed by atoms with Crippen molar-refractivity contribution >= 4 is 23.5 Å². The van der Waals surface area contributed by atoms with E-state index in [0.29, 0.717) is 28.9 Å². The molecule has 1 aliphatic carbocycles. The molecule has 8 nitrogen and oxygen atoms in total. The number of aryl methyl sites for hydroxylation is 1. The minimum absolute atomic E-state index is 0.128. The number of hydrogen-bond donors (Lipinski definition) is 2. The van der Waals surface area contributed by atoms with E-state index in [-0.39, 0.29) is 17.8 Å². The smallest absolute Gasteiger partial charge is 0.235 e. The number of nitrogens with one attached hydrogen (secondary N) is 2. The van der Waals surface area contributed by atoms with Crippen molar-refractivity contribution in [2.75, 3.05) is 17.7 Å². The number of carbonyl (C=O) groups excluding carboxylic acids is 1. The largest absolute Gasteiger partial charge is 0.376 e. The standard InChI is InChI=1S/C25H28N6O2S/c1-16-8-10-17(11-9-16)23-28-25(30-29-23)34-15-22(32)27-24-20(13-26)19-6-2-3-7-21(19)31(24)14-18-5-4-12-33-18/h8-11,18H,2-7,12,14-15H2,1H3,(H,27,32)(H,28,29,30). The number of thioether (sulfide) groups is 1. The summed E-state index contributed by atoms with van der Waals surface area (Å²) in [5, 5.41) is 20.7. The number of amides is 1. The predicted octanol–water partition coefficient (Wildman–Crippen LogP) is 4.24. The van der Waals surface area contributed by atoms with Crippen molar-refractivity contribution in [3.05, 3.63) is 46.6 Å². The second-order valence-corrected chi connectivity index (χ2v) is 9.83. The van der Waals surface area contributed by atoms with Crippen LogP contribution in [0.3, 0.4) is 0 Å². The molecule has 0 saturated carbocycles. The summed E-state index contributed by atoms with van der Waals surface area (Å²) in [6.45, 7) is 3.49. The van der Waals surface area contributed by atoms with E-state index in [1.807, 2.05) is 31.2 Å². The van der Waals surface area contributed by atoms with Gasteiger partial charge in [0.05, 0.1) is 24.0 Å². The number of nitriles is 1. The molecule has 2 aromatic heterocycles. The lowest BCUT2D eigenvalue weighted by molar-refractivity contribution is -0.113. The Morgan fingerprint density at radius 1 is 1.29 bits per heavy atom. The highest BCUT2D eigenvalue weighted by molar-refractivity contribution is 7.99. The van der Waals surface area contributed by atoms with Crippen molar-refractivity contribution in [3.63, 3.8) is 0 Å². The van der Waals surface area contributed by atoms with Gasteiger partial charge in [0.1, 0.15) is 11.9 Å².